The van der Waals surface area contributed by atoms with E-state index in [0.717, 1.165) is 11.0 Å². The summed E-state index contributed by atoms with van der Waals surface area (Å²) in [4.78, 5) is 63.5. The van der Waals surface area contributed by atoms with Gasteiger partial charge in [-0.05, 0) is 54.7 Å². The van der Waals surface area contributed by atoms with Crippen LogP contribution in [0.4, 0.5) is 33.3 Å². The van der Waals surface area contributed by atoms with Crippen LogP contribution in [-0.2, 0) is 19.2 Å². The highest BCUT2D eigenvalue weighted by Gasteiger charge is 2.77. The van der Waals surface area contributed by atoms with E-state index in [9.17, 15) is 47.4 Å². The van der Waals surface area contributed by atoms with Crippen LogP contribution in [0.25, 0.3) is 0 Å². The summed E-state index contributed by atoms with van der Waals surface area (Å²) in [7, 11) is 2.33. The van der Waals surface area contributed by atoms with E-state index in [1.165, 1.54) is 50.6 Å². The molecule has 0 aromatic heterocycles. The standard InChI is InChI=1S/C35H23Cl2F5N2O9/c1-52-18-9-13(10-19(53-2)28(18)45)21-15-6-7-16-20(30(47)43(29(16)46)14-5-3-4-12(8-14)31(48)49)17(15)11-34(36)32(50)44(33(51)35(21,34)37)27-25(41)23(39)22(38)24(40)26(27)42/h3-6,8-10,16-17,20-21,45H,7,11H2,1-2H3,(H,48,49). The summed E-state index contributed by atoms with van der Waals surface area (Å²) in [5.74, 6) is -25.2. The fourth-order valence-corrected chi connectivity index (χ4v) is 8.99. The normalized spacial score (nSPS) is 27.8. The van der Waals surface area contributed by atoms with Gasteiger partial charge in [0.15, 0.2) is 44.5 Å². The van der Waals surface area contributed by atoms with Gasteiger partial charge >= 0.3 is 5.97 Å². The highest BCUT2D eigenvalue weighted by atomic mass is 35.5. The summed E-state index contributed by atoms with van der Waals surface area (Å²) in [5.41, 5.74) is -2.17. The van der Waals surface area contributed by atoms with Gasteiger partial charge in [-0.2, -0.15) is 0 Å². The van der Waals surface area contributed by atoms with Crippen LogP contribution in [0.1, 0.15) is 34.7 Å². The lowest BCUT2D eigenvalue weighted by atomic mass is 9.56. The summed E-state index contributed by atoms with van der Waals surface area (Å²) in [5, 5.41) is 20.2. The van der Waals surface area contributed by atoms with Crippen LogP contribution < -0.4 is 19.3 Å². The Morgan fingerprint density at radius 3 is 1.98 bits per heavy atom. The van der Waals surface area contributed by atoms with Crippen LogP contribution in [-0.4, -0.2) is 63.8 Å². The summed E-state index contributed by atoms with van der Waals surface area (Å²) in [6.07, 6.45) is 0.557. The Bertz CT molecular complexity index is 2200. The van der Waals surface area contributed by atoms with Crippen molar-refractivity contribution in [2.24, 2.45) is 17.8 Å². The lowest BCUT2D eigenvalue weighted by Gasteiger charge is -2.50. The minimum Gasteiger partial charge on any atom is -0.502 e. The number of halogens is 7. The van der Waals surface area contributed by atoms with Crippen molar-refractivity contribution in [3.8, 4) is 17.2 Å². The van der Waals surface area contributed by atoms with E-state index < -0.39 is 110 Å². The number of carbonyl (C=O) groups is 5. The zero-order chi connectivity index (χ0) is 38.6. The van der Waals surface area contributed by atoms with Crippen molar-refractivity contribution >= 4 is 64.2 Å². The molecule has 3 aromatic rings. The number of carboxylic acids is 1. The van der Waals surface area contributed by atoms with Crippen LogP contribution in [0.2, 0.25) is 0 Å². The van der Waals surface area contributed by atoms with Crippen molar-refractivity contribution in [2.75, 3.05) is 24.0 Å². The molecular formula is C35H23Cl2F5N2O9. The van der Waals surface area contributed by atoms with Gasteiger partial charge < -0.3 is 19.7 Å². The molecule has 2 aliphatic heterocycles. The predicted molar refractivity (Wildman–Crippen MR) is 174 cm³/mol. The Labute approximate surface area is 305 Å². The van der Waals surface area contributed by atoms with E-state index in [0.29, 0.717) is 0 Å². The summed E-state index contributed by atoms with van der Waals surface area (Å²) in [6, 6.07) is 7.37. The number of amides is 4. The molecule has 276 valence electrons. The molecule has 0 bridgehead atoms. The number of aromatic hydroxyl groups is 1. The molecule has 18 heteroatoms. The number of aromatic carboxylic acids is 1. The van der Waals surface area contributed by atoms with Gasteiger partial charge in [0.2, 0.25) is 23.4 Å². The molecule has 0 radical (unpaired) electrons. The number of anilines is 2. The average molecular weight is 781 g/mol. The minimum absolute atomic E-state index is 0.0610. The second kappa shape index (κ2) is 12.2. The molecule has 2 N–H and O–H groups in total. The Balaban J connectivity index is 1.45. The SMILES string of the molecule is COc1cc(C2C3=CCC4C(=O)N(c5cccc(C(=O)O)c5)C(=O)C4C3CC3(Cl)C(=O)N(c4c(F)c(F)c(F)c(F)c4F)C(=O)C23Cl)cc(OC)c1O. The number of hydrogen-bond donors (Lipinski definition) is 2. The summed E-state index contributed by atoms with van der Waals surface area (Å²) >= 11 is 14.3. The number of alkyl halides is 2. The highest BCUT2D eigenvalue weighted by Crippen LogP contribution is 2.66. The maximum absolute atomic E-state index is 15.3. The molecule has 3 fully saturated rings. The molecule has 7 rings (SSSR count). The van der Waals surface area contributed by atoms with Gasteiger partial charge in [0, 0.05) is 5.92 Å². The number of phenolic OH excluding ortho intramolecular Hbond substituents is 1. The molecule has 2 heterocycles. The fourth-order valence-electron chi connectivity index (χ4n) is 8.05. The molecule has 0 spiro atoms. The third-order valence-corrected chi connectivity index (χ3v) is 11.8. The van der Waals surface area contributed by atoms with Crippen LogP contribution in [0.3, 0.4) is 0 Å². The molecule has 6 atom stereocenters. The molecule has 2 saturated heterocycles. The Hall–Kier alpha value is -5.22. The van der Waals surface area contributed by atoms with Crippen LogP contribution in [0.5, 0.6) is 17.2 Å². The van der Waals surface area contributed by atoms with Gasteiger partial charge in [0.25, 0.3) is 11.8 Å². The van der Waals surface area contributed by atoms with Crippen molar-refractivity contribution < 1.29 is 65.6 Å². The van der Waals surface area contributed by atoms with E-state index in [1.54, 1.807) is 0 Å². The summed E-state index contributed by atoms with van der Waals surface area (Å²) < 4.78 is 84.2. The Morgan fingerprint density at radius 2 is 1.42 bits per heavy atom. The van der Waals surface area contributed by atoms with Crippen molar-refractivity contribution in [3.63, 3.8) is 0 Å². The highest BCUT2D eigenvalue weighted by molar-refractivity contribution is 6.58. The van der Waals surface area contributed by atoms with Gasteiger partial charge in [0.1, 0.15) is 5.69 Å². The van der Waals surface area contributed by atoms with E-state index in [-0.39, 0.29) is 45.2 Å². The molecule has 11 nitrogen and oxygen atoms in total. The lowest BCUT2D eigenvalue weighted by molar-refractivity contribution is -0.125. The molecule has 1 saturated carbocycles. The number of hydrogen-bond acceptors (Lipinski definition) is 8. The number of allylic oxidation sites excluding steroid dienone is 2. The molecular weight excluding hydrogens is 758 g/mol. The number of phenols is 1. The fraction of sp³-hybridized carbons (Fsp3) is 0.286. The Morgan fingerprint density at radius 1 is 0.830 bits per heavy atom. The van der Waals surface area contributed by atoms with E-state index >= 15 is 8.78 Å². The second-order valence-electron chi connectivity index (χ2n) is 12.8. The van der Waals surface area contributed by atoms with Crippen molar-refractivity contribution in [1.82, 2.24) is 0 Å². The zero-order valence-corrected chi connectivity index (χ0v) is 28.6. The minimum atomic E-state index is -2.82. The summed E-state index contributed by atoms with van der Waals surface area (Å²) in [6.45, 7) is 0. The van der Waals surface area contributed by atoms with Gasteiger partial charge in [-0.25, -0.2) is 31.6 Å². The third-order valence-electron chi connectivity index (χ3n) is 10.4. The first kappa shape index (κ1) is 36.2. The van der Waals surface area contributed by atoms with Crippen molar-refractivity contribution in [3.05, 3.63) is 88.3 Å². The van der Waals surface area contributed by atoms with Crippen LogP contribution >= 0.6 is 23.2 Å². The smallest absolute Gasteiger partial charge is 0.335 e. The quantitative estimate of drug-likeness (QED) is 0.0818. The maximum atomic E-state index is 15.3. The number of carboxylic acid groups (broad SMARTS) is 1. The number of fused-ring (bicyclic) bond motifs is 4. The molecule has 6 unspecified atom stereocenters. The molecule has 53 heavy (non-hydrogen) atoms. The van der Waals surface area contributed by atoms with E-state index in [4.69, 9.17) is 32.7 Å². The average Bonchev–Trinajstić information content (AvgIpc) is 3.48. The number of methoxy groups -OCH3 is 2. The third kappa shape index (κ3) is 4.67. The van der Waals surface area contributed by atoms with Gasteiger partial charge in [-0.15, -0.1) is 23.2 Å². The first-order valence-electron chi connectivity index (χ1n) is 15.6. The number of nitrogens with zero attached hydrogens (tertiary/aromatic N) is 2. The van der Waals surface area contributed by atoms with E-state index in [1.807, 2.05) is 0 Å². The first-order chi connectivity index (χ1) is 25.0. The maximum Gasteiger partial charge on any atom is 0.335 e. The van der Waals surface area contributed by atoms with Crippen LogP contribution in [0, 0.1) is 46.8 Å². The number of ether oxygens (including phenoxy) is 2. The number of rotatable bonds is 6. The van der Waals surface area contributed by atoms with Gasteiger partial charge in [-0.1, -0.05) is 17.7 Å². The second-order valence-corrected chi connectivity index (χ2v) is 14.1. The lowest BCUT2D eigenvalue weighted by Crippen LogP contribution is -2.60. The van der Waals surface area contributed by atoms with Gasteiger partial charge in [-0.3, -0.25) is 24.1 Å². The number of carbonyl (C=O) groups excluding carboxylic acids is 4. The number of benzene rings is 3. The van der Waals surface area contributed by atoms with Crippen LogP contribution in [0.15, 0.2) is 48.0 Å². The molecule has 4 amide bonds. The number of imide groups is 2. The monoisotopic (exact) mass is 780 g/mol. The molecule has 2 aliphatic carbocycles. The Kier molecular flexibility index (Phi) is 8.30. The van der Waals surface area contributed by atoms with Gasteiger partial charge in [0.05, 0.1) is 37.3 Å². The molecule has 3 aromatic carbocycles. The molecule has 4 aliphatic rings. The topological polar surface area (TPSA) is 151 Å². The van der Waals surface area contributed by atoms with Crippen molar-refractivity contribution in [2.45, 2.75) is 28.5 Å². The largest absolute Gasteiger partial charge is 0.502 e. The zero-order valence-electron chi connectivity index (χ0n) is 27.1. The van der Waals surface area contributed by atoms with E-state index in [2.05, 4.69) is 0 Å². The van der Waals surface area contributed by atoms with Crippen molar-refractivity contribution in [1.29, 1.82) is 0 Å². The first-order valence-corrected chi connectivity index (χ1v) is 16.4. The predicted octanol–water partition coefficient (Wildman–Crippen LogP) is 5.57.